The second kappa shape index (κ2) is 7.80. The van der Waals surface area contributed by atoms with Gasteiger partial charge in [-0.1, -0.05) is 28.1 Å². The van der Waals surface area contributed by atoms with Gasteiger partial charge in [-0.25, -0.2) is 4.79 Å². The maximum atomic E-state index is 13.5. The highest BCUT2D eigenvalue weighted by Crippen LogP contribution is 2.39. The van der Waals surface area contributed by atoms with Crippen molar-refractivity contribution >= 4 is 38.8 Å². The molecule has 160 valence electrons. The standard InChI is InChI=1S/C24H16BrNO6/c1-30-24(29)14-6-4-13(5-7-14)20-19-21(27)17-11-15(25)8-9-18(17)32-22(19)23(28)26(20)12-16-3-2-10-31-16/h2-11,20H,12H2,1H3/t20-/m0/s1. The Labute approximate surface area is 190 Å². The van der Waals surface area contributed by atoms with Gasteiger partial charge in [-0.2, -0.15) is 0 Å². The summed E-state index contributed by atoms with van der Waals surface area (Å²) >= 11 is 3.38. The average Bonchev–Trinajstić information content (AvgIpc) is 3.41. The van der Waals surface area contributed by atoms with Gasteiger partial charge in [0.15, 0.2) is 5.43 Å². The van der Waals surface area contributed by atoms with Crippen LogP contribution in [0.3, 0.4) is 0 Å². The Balaban J connectivity index is 1.70. The Kier molecular flexibility index (Phi) is 4.94. The first-order valence-electron chi connectivity index (χ1n) is 9.76. The van der Waals surface area contributed by atoms with Gasteiger partial charge in [-0.05, 0) is 48.0 Å². The molecule has 0 spiro atoms. The predicted molar refractivity (Wildman–Crippen MR) is 118 cm³/mol. The molecule has 7 nitrogen and oxygen atoms in total. The van der Waals surface area contributed by atoms with E-state index in [-0.39, 0.29) is 23.3 Å². The van der Waals surface area contributed by atoms with E-state index in [0.29, 0.717) is 27.9 Å². The van der Waals surface area contributed by atoms with E-state index in [1.807, 2.05) is 0 Å². The molecule has 1 amide bonds. The number of hydrogen-bond acceptors (Lipinski definition) is 6. The molecule has 0 bridgehead atoms. The number of carbonyl (C=O) groups is 2. The zero-order chi connectivity index (χ0) is 22.4. The molecule has 0 saturated heterocycles. The summed E-state index contributed by atoms with van der Waals surface area (Å²) in [7, 11) is 1.31. The maximum Gasteiger partial charge on any atom is 0.337 e. The minimum Gasteiger partial charge on any atom is -0.467 e. The van der Waals surface area contributed by atoms with Crippen LogP contribution in [-0.2, 0) is 11.3 Å². The van der Waals surface area contributed by atoms with Crippen LogP contribution in [0.2, 0.25) is 0 Å². The molecule has 2 aromatic heterocycles. The molecule has 4 aromatic rings. The smallest absolute Gasteiger partial charge is 0.337 e. The Hall–Kier alpha value is -3.65. The summed E-state index contributed by atoms with van der Waals surface area (Å²) < 4.78 is 16.9. The van der Waals surface area contributed by atoms with E-state index in [4.69, 9.17) is 13.6 Å². The van der Waals surface area contributed by atoms with Crippen molar-refractivity contribution in [3.8, 4) is 0 Å². The third-order valence-corrected chi connectivity index (χ3v) is 5.97. The first kappa shape index (κ1) is 20.3. The Morgan fingerprint density at radius 2 is 1.91 bits per heavy atom. The number of ether oxygens (including phenoxy) is 1. The van der Waals surface area contributed by atoms with Crippen LogP contribution in [-0.4, -0.2) is 23.9 Å². The van der Waals surface area contributed by atoms with Gasteiger partial charge in [0.1, 0.15) is 11.3 Å². The summed E-state index contributed by atoms with van der Waals surface area (Å²) in [6.07, 6.45) is 1.53. The topological polar surface area (TPSA) is 90.0 Å². The van der Waals surface area contributed by atoms with Crippen molar-refractivity contribution in [3.05, 3.63) is 104 Å². The van der Waals surface area contributed by atoms with E-state index in [1.165, 1.54) is 18.3 Å². The largest absolute Gasteiger partial charge is 0.467 e. The summed E-state index contributed by atoms with van der Waals surface area (Å²) in [6.45, 7) is 0.152. The molecule has 0 radical (unpaired) electrons. The number of halogens is 1. The van der Waals surface area contributed by atoms with E-state index in [2.05, 4.69) is 15.9 Å². The molecular formula is C24H16BrNO6. The highest BCUT2D eigenvalue weighted by atomic mass is 79.9. The van der Waals surface area contributed by atoms with Gasteiger partial charge in [0.05, 0.1) is 42.5 Å². The molecule has 32 heavy (non-hydrogen) atoms. The van der Waals surface area contributed by atoms with Crippen LogP contribution in [0.4, 0.5) is 0 Å². The van der Waals surface area contributed by atoms with Crippen LogP contribution in [0.5, 0.6) is 0 Å². The molecule has 0 unspecified atom stereocenters. The Morgan fingerprint density at radius 3 is 2.59 bits per heavy atom. The number of methoxy groups -OCH3 is 1. The van der Waals surface area contributed by atoms with Gasteiger partial charge < -0.3 is 18.5 Å². The number of carbonyl (C=O) groups excluding carboxylic acids is 2. The second-order valence-corrected chi connectivity index (χ2v) is 8.26. The number of hydrogen-bond donors (Lipinski definition) is 0. The summed E-state index contributed by atoms with van der Waals surface area (Å²) in [6, 6.07) is 14.5. The number of benzene rings is 2. The monoisotopic (exact) mass is 493 g/mol. The molecule has 3 heterocycles. The first-order chi connectivity index (χ1) is 15.5. The molecule has 8 heteroatoms. The van der Waals surface area contributed by atoms with E-state index >= 15 is 0 Å². The molecule has 1 atom stereocenters. The molecule has 2 aromatic carbocycles. The zero-order valence-corrected chi connectivity index (χ0v) is 18.4. The lowest BCUT2D eigenvalue weighted by atomic mass is 9.97. The lowest BCUT2D eigenvalue weighted by Gasteiger charge is -2.24. The Morgan fingerprint density at radius 1 is 1.12 bits per heavy atom. The molecule has 1 aliphatic rings. The minimum absolute atomic E-state index is 0.0124. The third-order valence-electron chi connectivity index (χ3n) is 5.48. The first-order valence-corrected chi connectivity index (χ1v) is 10.5. The predicted octanol–water partition coefficient (Wildman–Crippen LogP) is 4.68. The van der Waals surface area contributed by atoms with E-state index in [1.54, 1.807) is 54.6 Å². The minimum atomic E-state index is -0.700. The highest BCUT2D eigenvalue weighted by Gasteiger charge is 2.43. The van der Waals surface area contributed by atoms with Gasteiger partial charge >= 0.3 is 5.97 Å². The number of amides is 1. The van der Waals surface area contributed by atoms with Crippen molar-refractivity contribution in [2.45, 2.75) is 12.6 Å². The molecule has 0 N–H and O–H groups in total. The molecular weight excluding hydrogens is 478 g/mol. The van der Waals surface area contributed by atoms with Gasteiger partial charge in [0.25, 0.3) is 5.91 Å². The van der Waals surface area contributed by atoms with E-state index < -0.39 is 17.9 Å². The number of fused-ring (bicyclic) bond motifs is 2. The van der Waals surface area contributed by atoms with E-state index in [9.17, 15) is 14.4 Å². The van der Waals surface area contributed by atoms with Crippen LogP contribution in [0.25, 0.3) is 11.0 Å². The van der Waals surface area contributed by atoms with Crippen molar-refractivity contribution in [2.24, 2.45) is 0 Å². The van der Waals surface area contributed by atoms with Gasteiger partial charge in [0, 0.05) is 4.47 Å². The molecule has 0 fully saturated rings. The maximum absolute atomic E-state index is 13.5. The van der Waals surface area contributed by atoms with Gasteiger partial charge in [-0.15, -0.1) is 0 Å². The van der Waals surface area contributed by atoms with Crippen LogP contribution in [0.1, 0.15) is 43.8 Å². The number of nitrogens with zero attached hydrogens (tertiary/aromatic N) is 1. The zero-order valence-electron chi connectivity index (χ0n) is 16.8. The lowest BCUT2D eigenvalue weighted by Crippen LogP contribution is -2.29. The SMILES string of the molecule is COC(=O)c1ccc([C@H]2c3c(oc4ccc(Br)cc4c3=O)C(=O)N2Cc2ccco2)cc1. The fraction of sp³-hybridized carbons (Fsp3) is 0.125. The fourth-order valence-electron chi connectivity index (χ4n) is 3.99. The van der Waals surface area contributed by atoms with Crippen molar-refractivity contribution in [1.82, 2.24) is 4.90 Å². The molecule has 0 saturated carbocycles. The third kappa shape index (κ3) is 3.23. The van der Waals surface area contributed by atoms with Gasteiger partial charge in [0.2, 0.25) is 5.76 Å². The summed E-state index contributed by atoms with van der Waals surface area (Å²) in [5, 5.41) is 0.377. The normalized spacial score (nSPS) is 15.2. The van der Waals surface area contributed by atoms with Crippen LogP contribution in [0.15, 0.2) is 79.0 Å². The van der Waals surface area contributed by atoms with Crippen molar-refractivity contribution < 1.29 is 23.2 Å². The van der Waals surface area contributed by atoms with Crippen LogP contribution < -0.4 is 5.43 Å². The molecule has 0 aliphatic carbocycles. The summed E-state index contributed by atoms with van der Waals surface area (Å²) in [5.41, 5.74) is 1.36. The summed E-state index contributed by atoms with van der Waals surface area (Å²) in [5.74, 6) is -0.289. The van der Waals surface area contributed by atoms with Gasteiger partial charge in [-0.3, -0.25) is 9.59 Å². The van der Waals surface area contributed by atoms with Crippen molar-refractivity contribution in [1.29, 1.82) is 0 Å². The lowest BCUT2D eigenvalue weighted by molar-refractivity contribution is 0.0599. The van der Waals surface area contributed by atoms with Crippen LogP contribution >= 0.6 is 15.9 Å². The van der Waals surface area contributed by atoms with Crippen molar-refractivity contribution in [3.63, 3.8) is 0 Å². The van der Waals surface area contributed by atoms with Crippen LogP contribution in [0, 0.1) is 0 Å². The van der Waals surface area contributed by atoms with E-state index in [0.717, 1.165) is 4.47 Å². The highest BCUT2D eigenvalue weighted by molar-refractivity contribution is 9.10. The number of furan rings is 1. The number of rotatable bonds is 4. The summed E-state index contributed by atoms with van der Waals surface area (Å²) in [4.78, 5) is 40.2. The quantitative estimate of drug-likeness (QED) is 0.383. The Bertz CT molecular complexity index is 1410. The van der Waals surface area contributed by atoms with Crippen molar-refractivity contribution in [2.75, 3.05) is 7.11 Å². The average molecular weight is 494 g/mol. The second-order valence-electron chi connectivity index (χ2n) is 7.34. The number of esters is 1. The molecule has 1 aliphatic heterocycles. The molecule has 5 rings (SSSR count). The fourth-order valence-corrected chi connectivity index (χ4v) is 4.35.